The van der Waals surface area contributed by atoms with Crippen molar-refractivity contribution < 1.29 is 4.39 Å². The topological polar surface area (TPSA) is 96.0 Å². The molecule has 0 amide bonds. The molecule has 0 atom stereocenters. The molecule has 0 spiro atoms. The van der Waals surface area contributed by atoms with Gasteiger partial charge in [-0.25, -0.2) is 14.4 Å². The van der Waals surface area contributed by atoms with Crippen LogP contribution in [0.1, 0.15) is 4.88 Å². The third-order valence-corrected chi connectivity index (χ3v) is 6.10. The number of hydrogen-bond acceptors (Lipinski definition) is 6. The predicted molar refractivity (Wildman–Crippen MR) is 118 cm³/mol. The second-order valence-corrected chi connectivity index (χ2v) is 8.36. The molecule has 0 fully saturated rings. The van der Waals surface area contributed by atoms with Crippen LogP contribution in [0.25, 0.3) is 55.3 Å². The number of nitrogens with one attached hydrogen (secondary N) is 2. The number of imidazole rings is 1. The zero-order valence-electron chi connectivity index (χ0n) is 16.2. The number of hydrogen-bond donors (Lipinski definition) is 2. The van der Waals surface area contributed by atoms with Crippen molar-refractivity contribution in [2.24, 2.45) is 0 Å². The second kappa shape index (κ2) is 6.78. The number of halogens is 1. The molecular weight excluding hydrogens is 413 g/mol. The normalized spacial score (nSPS) is 11.5. The summed E-state index contributed by atoms with van der Waals surface area (Å²) in [5.41, 5.74) is 4.03. The van der Waals surface area contributed by atoms with Gasteiger partial charge < -0.3 is 4.98 Å². The lowest BCUT2D eigenvalue weighted by Crippen LogP contribution is -1.91. The van der Waals surface area contributed by atoms with E-state index < -0.39 is 5.82 Å². The van der Waals surface area contributed by atoms with Gasteiger partial charge in [-0.3, -0.25) is 15.1 Å². The Bertz CT molecular complexity index is 1570. The fourth-order valence-electron chi connectivity index (χ4n) is 3.64. The molecule has 31 heavy (non-hydrogen) atoms. The van der Waals surface area contributed by atoms with E-state index in [4.69, 9.17) is 4.98 Å². The first kappa shape index (κ1) is 17.8. The van der Waals surface area contributed by atoms with E-state index in [-0.39, 0.29) is 5.39 Å². The number of fused-ring (bicyclic) bond motifs is 2. The van der Waals surface area contributed by atoms with Gasteiger partial charge >= 0.3 is 0 Å². The van der Waals surface area contributed by atoms with Crippen LogP contribution in [0.2, 0.25) is 0 Å². The van der Waals surface area contributed by atoms with E-state index in [1.54, 1.807) is 42.1 Å². The van der Waals surface area contributed by atoms with Gasteiger partial charge in [-0.1, -0.05) is 6.07 Å². The van der Waals surface area contributed by atoms with Crippen LogP contribution in [0, 0.1) is 12.7 Å². The van der Waals surface area contributed by atoms with Crippen molar-refractivity contribution in [1.82, 2.24) is 35.1 Å². The highest BCUT2D eigenvalue weighted by atomic mass is 32.1. The van der Waals surface area contributed by atoms with E-state index in [9.17, 15) is 0 Å². The molecule has 0 saturated heterocycles. The van der Waals surface area contributed by atoms with Crippen LogP contribution in [0.3, 0.4) is 0 Å². The third kappa shape index (κ3) is 2.82. The molecule has 0 aromatic carbocycles. The molecule has 0 aliphatic heterocycles. The average molecular weight is 427 g/mol. The van der Waals surface area contributed by atoms with Gasteiger partial charge in [0, 0.05) is 40.8 Å². The summed E-state index contributed by atoms with van der Waals surface area (Å²) in [6, 6.07) is 9.48. The van der Waals surface area contributed by atoms with E-state index >= 15 is 4.39 Å². The molecule has 0 bridgehead atoms. The maximum atomic E-state index is 15.6. The zero-order valence-corrected chi connectivity index (χ0v) is 17.0. The molecule has 0 aliphatic rings. The lowest BCUT2D eigenvalue weighted by Gasteiger charge is -2.03. The number of rotatable bonds is 3. The van der Waals surface area contributed by atoms with Crippen LogP contribution in [0.5, 0.6) is 0 Å². The summed E-state index contributed by atoms with van der Waals surface area (Å²) in [6.07, 6.45) is 6.47. The quantitative estimate of drug-likeness (QED) is 0.408. The summed E-state index contributed by atoms with van der Waals surface area (Å²) in [5, 5.41) is 7.40. The van der Waals surface area contributed by atoms with Gasteiger partial charge in [0.25, 0.3) is 0 Å². The van der Waals surface area contributed by atoms with E-state index in [0.29, 0.717) is 33.8 Å². The SMILES string of the molecule is Cc1ccc(-c2nccc3[nH]c(-c4n[nH]c5ncc(-c6cccnc6)c(F)c45)nc23)s1. The molecule has 7 nitrogen and oxygen atoms in total. The van der Waals surface area contributed by atoms with Crippen molar-refractivity contribution in [1.29, 1.82) is 0 Å². The minimum absolute atomic E-state index is 0.280. The van der Waals surface area contributed by atoms with Crippen LogP contribution in [0.4, 0.5) is 4.39 Å². The molecular formula is C22H14FN7S. The molecule has 9 heteroatoms. The van der Waals surface area contributed by atoms with Gasteiger partial charge in [-0.15, -0.1) is 11.3 Å². The fraction of sp³-hybridized carbons (Fsp3) is 0.0455. The van der Waals surface area contributed by atoms with E-state index in [0.717, 1.165) is 16.1 Å². The molecule has 6 aromatic heterocycles. The Kier molecular flexibility index (Phi) is 3.90. The second-order valence-electron chi connectivity index (χ2n) is 7.07. The smallest absolute Gasteiger partial charge is 0.159 e. The zero-order chi connectivity index (χ0) is 20.9. The first-order valence-corrected chi connectivity index (χ1v) is 10.4. The number of aryl methyl sites for hydroxylation is 1. The number of nitrogens with zero attached hydrogens (tertiary/aromatic N) is 5. The van der Waals surface area contributed by atoms with Crippen LogP contribution in [-0.4, -0.2) is 35.1 Å². The highest BCUT2D eigenvalue weighted by Crippen LogP contribution is 2.35. The Labute approximate surface area is 179 Å². The summed E-state index contributed by atoms with van der Waals surface area (Å²) in [5.74, 6) is 0.0299. The Balaban J connectivity index is 1.56. The fourth-order valence-corrected chi connectivity index (χ4v) is 4.50. The monoisotopic (exact) mass is 427 g/mol. The van der Waals surface area contributed by atoms with Gasteiger partial charge in [0.1, 0.15) is 22.7 Å². The molecule has 6 aromatic rings. The molecule has 0 saturated carbocycles. The Morgan fingerprint density at radius 1 is 1.00 bits per heavy atom. The largest absolute Gasteiger partial charge is 0.336 e. The summed E-state index contributed by atoms with van der Waals surface area (Å²) in [7, 11) is 0. The highest BCUT2D eigenvalue weighted by Gasteiger charge is 2.21. The van der Waals surface area contributed by atoms with Crippen molar-refractivity contribution in [3.8, 4) is 33.2 Å². The first-order chi connectivity index (χ1) is 15.2. The highest BCUT2D eigenvalue weighted by molar-refractivity contribution is 7.15. The van der Waals surface area contributed by atoms with Crippen molar-refractivity contribution in [2.75, 3.05) is 0 Å². The minimum Gasteiger partial charge on any atom is -0.336 e. The van der Waals surface area contributed by atoms with Crippen LogP contribution >= 0.6 is 11.3 Å². The summed E-state index contributed by atoms with van der Waals surface area (Å²) >= 11 is 1.65. The van der Waals surface area contributed by atoms with Gasteiger partial charge in [0.15, 0.2) is 11.5 Å². The van der Waals surface area contributed by atoms with Gasteiger partial charge in [-0.05, 0) is 31.2 Å². The van der Waals surface area contributed by atoms with Gasteiger partial charge in [-0.2, -0.15) is 5.10 Å². The maximum absolute atomic E-state index is 15.6. The first-order valence-electron chi connectivity index (χ1n) is 9.54. The lowest BCUT2D eigenvalue weighted by molar-refractivity contribution is 0.642. The Morgan fingerprint density at radius 2 is 1.94 bits per heavy atom. The number of aromatic nitrogens is 7. The van der Waals surface area contributed by atoms with Crippen LogP contribution in [0.15, 0.2) is 55.1 Å². The molecule has 150 valence electrons. The van der Waals surface area contributed by atoms with Crippen molar-refractivity contribution in [2.45, 2.75) is 6.92 Å². The molecule has 0 aliphatic carbocycles. The minimum atomic E-state index is -0.422. The average Bonchev–Trinajstić information content (AvgIpc) is 3.52. The Hall–Kier alpha value is -3.98. The summed E-state index contributed by atoms with van der Waals surface area (Å²) in [4.78, 5) is 23.2. The van der Waals surface area contributed by atoms with E-state index in [1.165, 1.54) is 11.1 Å². The standard InChI is InChI=1S/C22H14FN7S/c1-11-4-5-15(31-11)19-18-14(6-8-25-19)27-22(28-18)20-16-17(23)13(10-26-21(16)30-29-20)12-3-2-7-24-9-12/h2-10H,1H3,(H,27,28)(H,26,29,30). The third-order valence-electron chi connectivity index (χ3n) is 5.10. The van der Waals surface area contributed by atoms with Crippen molar-refractivity contribution in [3.05, 3.63) is 65.8 Å². The summed E-state index contributed by atoms with van der Waals surface area (Å²) in [6.45, 7) is 2.05. The maximum Gasteiger partial charge on any atom is 0.159 e. The number of pyridine rings is 3. The molecule has 6 rings (SSSR count). The number of H-pyrrole nitrogens is 2. The van der Waals surface area contributed by atoms with E-state index in [2.05, 4.69) is 43.1 Å². The van der Waals surface area contributed by atoms with Gasteiger partial charge in [0.2, 0.25) is 0 Å². The lowest BCUT2D eigenvalue weighted by atomic mass is 10.1. The molecule has 6 heterocycles. The van der Waals surface area contributed by atoms with Gasteiger partial charge in [0.05, 0.1) is 15.8 Å². The summed E-state index contributed by atoms with van der Waals surface area (Å²) < 4.78 is 15.6. The van der Waals surface area contributed by atoms with Crippen LogP contribution in [-0.2, 0) is 0 Å². The predicted octanol–water partition coefficient (Wildman–Crippen LogP) is 5.13. The number of aromatic amines is 2. The van der Waals surface area contributed by atoms with E-state index in [1.807, 2.05) is 12.1 Å². The molecule has 0 unspecified atom stereocenters. The van der Waals surface area contributed by atoms with Crippen LogP contribution < -0.4 is 0 Å². The molecule has 2 N–H and O–H groups in total. The molecule has 0 radical (unpaired) electrons. The van der Waals surface area contributed by atoms with Crippen molar-refractivity contribution >= 4 is 33.4 Å². The number of thiophene rings is 1. The van der Waals surface area contributed by atoms with Crippen molar-refractivity contribution in [3.63, 3.8) is 0 Å². The Morgan fingerprint density at radius 3 is 2.74 bits per heavy atom.